The minimum atomic E-state index is -1.03. The second-order valence-electron chi connectivity index (χ2n) is 5.27. The van der Waals surface area contributed by atoms with Crippen LogP contribution in [0.2, 0.25) is 0 Å². The fourth-order valence-corrected chi connectivity index (χ4v) is 2.38. The van der Waals surface area contributed by atoms with E-state index in [1.165, 1.54) is 14.2 Å². The number of hydrogen-bond donors (Lipinski definition) is 1. The highest BCUT2D eigenvalue weighted by atomic mass is 16.6. The summed E-state index contributed by atoms with van der Waals surface area (Å²) in [5.41, 5.74) is 1.59. The van der Waals surface area contributed by atoms with Crippen LogP contribution >= 0.6 is 0 Å². The number of benzene rings is 2. The summed E-state index contributed by atoms with van der Waals surface area (Å²) in [4.78, 5) is 24.2. The van der Waals surface area contributed by atoms with Gasteiger partial charge in [0.15, 0.2) is 6.04 Å². The van der Waals surface area contributed by atoms with E-state index in [9.17, 15) is 9.59 Å². The molecule has 2 aromatic rings. The van der Waals surface area contributed by atoms with Crippen LogP contribution in [0.3, 0.4) is 0 Å². The SMILES string of the molecule is COC(=O)[C@@H](NC(=O)OCc1ccccc1)[C@H](OC)c1ccccc1. The average Bonchev–Trinajstić information content (AvgIpc) is 2.67. The van der Waals surface area contributed by atoms with Crippen molar-refractivity contribution in [3.05, 3.63) is 71.8 Å². The van der Waals surface area contributed by atoms with Gasteiger partial charge < -0.3 is 19.5 Å². The predicted octanol–water partition coefficient (Wildman–Crippen LogP) is 2.84. The zero-order valence-electron chi connectivity index (χ0n) is 14.2. The molecule has 0 heterocycles. The molecule has 0 radical (unpaired) electrons. The second kappa shape index (κ2) is 9.44. The molecule has 0 aliphatic heterocycles. The van der Waals surface area contributed by atoms with Gasteiger partial charge in [0.25, 0.3) is 0 Å². The van der Waals surface area contributed by atoms with E-state index in [0.717, 1.165) is 11.1 Å². The van der Waals surface area contributed by atoms with Crippen molar-refractivity contribution in [1.82, 2.24) is 5.32 Å². The molecule has 25 heavy (non-hydrogen) atoms. The summed E-state index contributed by atoms with van der Waals surface area (Å²) in [7, 11) is 2.72. The minimum absolute atomic E-state index is 0.101. The van der Waals surface area contributed by atoms with Gasteiger partial charge in [0.1, 0.15) is 12.7 Å². The molecule has 1 amide bonds. The zero-order valence-corrected chi connectivity index (χ0v) is 14.2. The van der Waals surface area contributed by atoms with Gasteiger partial charge >= 0.3 is 12.1 Å². The number of amides is 1. The molecule has 2 rings (SSSR count). The van der Waals surface area contributed by atoms with E-state index < -0.39 is 24.2 Å². The first kappa shape index (κ1) is 18.5. The van der Waals surface area contributed by atoms with Crippen LogP contribution in [-0.4, -0.2) is 32.3 Å². The van der Waals surface area contributed by atoms with Crippen LogP contribution in [-0.2, 0) is 25.6 Å². The van der Waals surface area contributed by atoms with Crippen molar-refractivity contribution >= 4 is 12.1 Å². The molecular weight excluding hydrogens is 322 g/mol. The van der Waals surface area contributed by atoms with E-state index in [4.69, 9.17) is 14.2 Å². The molecule has 0 aliphatic carbocycles. The number of nitrogens with one attached hydrogen (secondary N) is 1. The number of rotatable bonds is 7. The molecule has 0 spiro atoms. The summed E-state index contributed by atoms with van der Waals surface area (Å²) in [6.07, 6.45) is -1.42. The molecule has 6 nitrogen and oxygen atoms in total. The Balaban J connectivity index is 2.06. The van der Waals surface area contributed by atoms with Crippen molar-refractivity contribution < 1.29 is 23.8 Å². The van der Waals surface area contributed by atoms with E-state index >= 15 is 0 Å². The fourth-order valence-electron chi connectivity index (χ4n) is 2.38. The topological polar surface area (TPSA) is 73.9 Å². The van der Waals surface area contributed by atoms with Gasteiger partial charge in [-0.2, -0.15) is 0 Å². The first-order valence-corrected chi connectivity index (χ1v) is 7.78. The summed E-state index contributed by atoms with van der Waals surface area (Å²) in [5, 5.41) is 2.53. The molecule has 0 aromatic heterocycles. The Morgan fingerprint density at radius 1 is 0.960 bits per heavy atom. The molecule has 2 atom stereocenters. The predicted molar refractivity (Wildman–Crippen MR) is 91.8 cm³/mol. The Labute approximate surface area is 146 Å². The molecule has 0 fully saturated rings. The minimum Gasteiger partial charge on any atom is -0.467 e. The smallest absolute Gasteiger partial charge is 0.408 e. The van der Waals surface area contributed by atoms with E-state index in [0.29, 0.717) is 0 Å². The van der Waals surface area contributed by atoms with Crippen molar-refractivity contribution in [2.24, 2.45) is 0 Å². The number of carbonyl (C=O) groups is 2. The van der Waals surface area contributed by atoms with Gasteiger partial charge in [-0.05, 0) is 11.1 Å². The molecule has 0 bridgehead atoms. The van der Waals surface area contributed by atoms with Gasteiger partial charge in [0, 0.05) is 7.11 Å². The van der Waals surface area contributed by atoms with Gasteiger partial charge in [-0.1, -0.05) is 60.7 Å². The standard InChI is InChI=1S/C19H21NO5/c1-23-17(15-11-7-4-8-12-15)16(18(21)24-2)20-19(22)25-13-14-9-5-3-6-10-14/h3-12,16-17H,13H2,1-2H3,(H,20,22)/t16-,17+/m0/s1. The van der Waals surface area contributed by atoms with Crippen LogP contribution in [0, 0.1) is 0 Å². The fraction of sp³-hybridized carbons (Fsp3) is 0.263. The van der Waals surface area contributed by atoms with Crippen molar-refractivity contribution in [3.63, 3.8) is 0 Å². The quantitative estimate of drug-likeness (QED) is 0.783. The molecule has 2 aromatic carbocycles. The molecule has 0 saturated heterocycles. The largest absolute Gasteiger partial charge is 0.467 e. The van der Waals surface area contributed by atoms with Crippen LogP contribution in [0.5, 0.6) is 0 Å². The third-order valence-electron chi connectivity index (χ3n) is 3.63. The van der Waals surface area contributed by atoms with Crippen LogP contribution in [0.15, 0.2) is 60.7 Å². The highest BCUT2D eigenvalue weighted by molar-refractivity contribution is 5.82. The van der Waals surface area contributed by atoms with E-state index in [-0.39, 0.29) is 6.61 Å². The molecule has 0 unspecified atom stereocenters. The maximum Gasteiger partial charge on any atom is 0.408 e. The van der Waals surface area contributed by atoms with Crippen molar-refractivity contribution in [2.75, 3.05) is 14.2 Å². The number of carbonyl (C=O) groups excluding carboxylic acids is 2. The number of methoxy groups -OCH3 is 2. The van der Waals surface area contributed by atoms with Crippen molar-refractivity contribution in [2.45, 2.75) is 18.8 Å². The highest BCUT2D eigenvalue weighted by Crippen LogP contribution is 2.21. The summed E-state index contributed by atoms with van der Waals surface area (Å²) >= 11 is 0. The van der Waals surface area contributed by atoms with E-state index in [2.05, 4.69) is 5.32 Å². The third-order valence-corrected chi connectivity index (χ3v) is 3.63. The van der Waals surface area contributed by atoms with Crippen LogP contribution in [0.4, 0.5) is 4.79 Å². The molecule has 0 saturated carbocycles. The van der Waals surface area contributed by atoms with Gasteiger partial charge in [-0.25, -0.2) is 9.59 Å². The number of alkyl carbamates (subject to hydrolysis) is 1. The summed E-state index contributed by atoms with van der Waals surface area (Å²) in [6, 6.07) is 17.3. The Morgan fingerprint density at radius 3 is 2.12 bits per heavy atom. The monoisotopic (exact) mass is 343 g/mol. The lowest BCUT2D eigenvalue weighted by molar-refractivity contribution is -0.147. The van der Waals surface area contributed by atoms with Gasteiger partial charge in [0.05, 0.1) is 7.11 Å². The summed E-state index contributed by atoms with van der Waals surface area (Å²) in [6.45, 7) is 0.101. The van der Waals surface area contributed by atoms with Crippen molar-refractivity contribution in [3.8, 4) is 0 Å². The Hall–Kier alpha value is -2.86. The first-order valence-electron chi connectivity index (χ1n) is 7.78. The average molecular weight is 343 g/mol. The molecule has 0 aliphatic rings. The van der Waals surface area contributed by atoms with Crippen molar-refractivity contribution in [1.29, 1.82) is 0 Å². The molecule has 1 N–H and O–H groups in total. The van der Waals surface area contributed by atoms with Crippen LogP contribution < -0.4 is 5.32 Å². The Bertz CT molecular complexity index is 675. The molecular formula is C19H21NO5. The lowest BCUT2D eigenvalue weighted by Gasteiger charge is -2.25. The maximum atomic E-state index is 12.1. The lowest BCUT2D eigenvalue weighted by atomic mass is 10.0. The molecule has 132 valence electrons. The second-order valence-corrected chi connectivity index (χ2v) is 5.27. The first-order chi connectivity index (χ1) is 12.2. The van der Waals surface area contributed by atoms with Gasteiger partial charge in [-0.15, -0.1) is 0 Å². The Morgan fingerprint density at radius 2 is 1.56 bits per heavy atom. The zero-order chi connectivity index (χ0) is 18.1. The lowest BCUT2D eigenvalue weighted by Crippen LogP contribution is -2.46. The van der Waals surface area contributed by atoms with Crippen LogP contribution in [0.25, 0.3) is 0 Å². The number of esters is 1. The van der Waals surface area contributed by atoms with Gasteiger partial charge in [0.2, 0.25) is 0 Å². The molecule has 6 heteroatoms. The number of ether oxygens (including phenoxy) is 3. The highest BCUT2D eigenvalue weighted by Gasteiger charge is 2.32. The van der Waals surface area contributed by atoms with E-state index in [1.54, 1.807) is 12.1 Å². The normalized spacial score (nSPS) is 12.7. The van der Waals surface area contributed by atoms with Crippen LogP contribution in [0.1, 0.15) is 17.2 Å². The third kappa shape index (κ3) is 5.32. The van der Waals surface area contributed by atoms with E-state index in [1.807, 2.05) is 48.5 Å². The van der Waals surface area contributed by atoms with Gasteiger partial charge in [-0.3, -0.25) is 0 Å². The number of hydrogen-bond acceptors (Lipinski definition) is 5. The summed E-state index contributed by atoms with van der Waals surface area (Å²) < 4.78 is 15.4. The maximum absolute atomic E-state index is 12.1. The Kier molecular flexibility index (Phi) is 6.98. The summed E-state index contributed by atoms with van der Waals surface area (Å²) in [5.74, 6) is -0.618.